The molecule has 0 aromatic rings. The van der Waals surface area contributed by atoms with Gasteiger partial charge >= 0.3 is 20.1 Å². The molecule has 1 amide bonds. The van der Waals surface area contributed by atoms with Gasteiger partial charge in [0.1, 0.15) is 30.4 Å². The second-order valence-corrected chi connectivity index (χ2v) is 5.22. The smallest absolute Gasteiger partial charge is 0.467 e. The van der Waals surface area contributed by atoms with Crippen LogP contribution in [0.2, 0.25) is 0 Å². The Balaban J connectivity index is 2.45. The summed E-state index contributed by atoms with van der Waals surface area (Å²) in [5, 5.41) is 2.31. The molecule has 1 aliphatic carbocycles. The van der Waals surface area contributed by atoms with Crippen molar-refractivity contribution in [2.75, 3.05) is 19.9 Å². The van der Waals surface area contributed by atoms with E-state index in [9.17, 15) is 14.2 Å². The first kappa shape index (κ1) is 17.0. The first-order chi connectivity index (χ1) is 10.0. The average molecular weight is 313 g/mol. The molecule has 0 aliphatic heterocycles. The summed E-state index contributed by atoms with van der Waals surface area (Å²) in [6, 6.07) is -1.02. The van der Waals surface area contributed by atoms with Crippen LogP contribution in [0, 0.1) is 6.08 Å². The predicted molar refractivity (Wildman–Crippen MR) is 74.6 cm³/mol. The second kappa shape index (κ2) is 8.97. The van der Waals surface area contributed by atoms with Crippen LogP contribution in [0.5, 0.6) is 0 Å². The molecule has 21 heavy (non-hydrogen) atoms. The number of carbonyl (C=O) groups is 2. The number of amides is 1. The molecule has 0 bridgehead atoms. The Morgan fingerprint density at radius 1 is 1.52 bits per heavy atom. The summed E-state index contributed by atoms with van der Waals surface area (Å²) in [7, 11) is -1.22. The van der Waals surface area contributed by atoms with Crippen LogP contribution in [0.25, 0.3) is 0 Å². The third kappa shape index (κ3) is 6.77. The van der Waals surface area contributed by atoms with E-state index in [1.54, 1.807) is 24.3 Å². The van der Waals surface area contributed by atoms with E-state index in [0.29, 0.717) is 0 Å². The zero-order chi connectivity index (χ0) is 15.7. The minimum Gasteiger partial charge on any atom is -0.467 e. The van der Waals surface area contributed by atoms with Gasteiger partial charge in [0.25, 0.3) is 0 Å². The molecule has 0 aromatic heterocycles. The van der Waals surface area contributed by atoms with Crippen LogP contribution in [0.4, 0.5) is 4.79 Å². The highest BCUT2D eigenvalue weighted by molar-refractivity contribution is 7.37. The van der Waals surface area contributed by atoms with Crippen molar-refractivity contribution in [2.45, 2.75) is 12.5 Å². The average Bonchev–Trinajstić information content (AvgIpc) is 2.49. The summed E-state index contributed by atoms with van der Waals surface area (Å²) < 4.78 is 20.1. The summed E-state index contributed by atoms with van der Waals surface area (Å²) in [5.41, 5.74) is 0.775. The van der Waals surface area contributed by atoms with Gasteiger partial charge in [-0.15, -0.1) is 0 Å². The standard InChI is InChI=1S/C13H14NO6P/c1-19-12(15)11(7-8-21(17)18)14-13(16)20-9-10-5-3-2-4-6-10/h3-6,11H,7-9H2,1H3/p+2. The van der Waals surface area contributed by atoms with Crippen LogP contribution in [0.15, 0.2) is 29.9 Å². The quantitative estimate of drug-likeness (QED) is 0.416. The molecule has 0 heterocycles. The SMILES string of the molecule is COC(=O)C(CC[P+](=O)O)NC(=O)OCC1=CC=[C+]C=C1. The van der Waals surface area contributed by atoms with E-state index in [1.807, 2.05) is 0 Å². The lowest BCUT2D eigenvalue weighted by Crippen LogP contribution is -2.42. The van der Waals surface area contributed by atoms with Crippen molar-refractivity contribution >= 4 is 20.1 Å². The van der Waals surface area contributed by atoms with Gasteiger partial charge < -0.3 is 14.8 Å². The molecule has 1 aliphatic rings. The molecule has 1 rings (SSSR count). The molecule has 2 atom stereocenters. The van der Waals surface area contributed by atoms with Crippen molar-refractivity contribution in [1.82, 2.24) is 5.32 Å². The van der Waals surface area contributed by atoms with Crippen molar-refractivity contribution in [3.8, 4) is 0 Å². The molecule has 0 saturated heterocycles. The molecule has 112 valence electrons. The van der Waals surface area contributed by atoms with E-state index >= 15 is 0 Å². The predicted octanol–water partition coefficient (Wildman–Crippen LogP) is 1.23. The van der Waals surface area contributed by atoms with Gasteiger partial charge in [0.15, 0.2) is 6.16 Å². The van der Waals surface area contributed by atoms with E-state index in [2.05, 4.69) is 16.1 Å². The highest BCUT2D eigenvalue weighted by Gasteiger charge is 2.26. The van der Waals surface area contributed by atoms with E-state index in [-0.39, 0.29) is 19.2 Å². The molecule has 0 saturated carbocycles. The Morgan fingerprint density at radius 3 is 2.86 bits per heavy atom. The van der Waals surface area contributed by atoms with Gasteiger partial charge in [0.2, 0.25) is 0 Å². The van der Waals surface area contributed by atoms with Crippen LogP contribution >= 0.6 is 8.03 Å². The number of alkyl carbamates (subject to hydrolysis) is 1. The first-order valence-corrected chi connectivity index (χ1v) is 7.52. The lowest BCUT2D eigenvalue weighted by atomic mass is 10.2. The van der Waals surface area contributed by atoms with E-state index in [4.69, 9.17) is 9.63 Å². The summed E-state index contributed by atoms with van der Waals surface area (Å²) in [5.74, 6) is -0.696. The molecule has 0 aromatic carbocycles. The molecule has 2 N–H and O–H groups in total. The van der Waals surface area contributed by atoms with Gasteiger partial charge in [-0.1, -0.05) is 0 Å². The molecular weight excluding hydrogens is 297 g/mol. The molecule has 2 unspecified atom stereocenters. The number of rotatable bonds is 7. The fourth-order valence-corrected chi connectivity index (χ4v) is 1.96. The maximum atomic E-state index is 11.6. The van der Waals surface area contributed by atoms with Crippen LogP contribution in [0.3, 0.4) is 0 Å². The Hall–Kier alpha value is -2.07. The number of nitrogens with one attached hydrogen (secondary N) is 1. The Bertz CT molecular complexity index is 497. The number of ether oxygens (including phenoxy) is 2. The van der Waals surface area contributed by atoms with Gasteiger partial charge in [-0.05, 0) is 4.57 Å². The van der Waals surface area contributed by atoms with Gasteiger partial charge in [-0.2, -0.15) is 4.89 Å². The van der Waals surface area contributed by atoms with Crippen LogP contribution in [-0.4, -0.2) is 42.9 Å². The summed E-state index contributed by atoms with van der Waals surface area (Å²) in [6.07, 6.45) is 8.75. The molecule has 7 nitrogen and oxygen atoms in total. The van der Waals surface area contributed by atoms with Crippen molar-refractivity contribution < 1.29 is 28.5 Å². The zero-order valence-electron chi connectivity index (χ0n) is 11.4. The highest BCUT2D eigenvalue weighted by atomic mass is 31.1. The lowest BCUT2D eigenvalue weighted by molar-refractivity contribution is -0.143. The van der Waals surface area contributed by atoms with Crippen molar-refractivity contribution in [3.05, 3.63) is 36.0 Å². The van der Waals surface area contributed by atoms with Gasteiger partial charge in [-0.3, -0.25) is 0 Å². The monoisotopic (exact) mass is 313 g/mol. The number of carbonyl (C=O) groups excluding carboxylic acids is 2. The van der Waals surface area contributed by atoms with Gasteiger partial charge in [0, 0.05) is 12.5 Å². The van der Waals surface area contributed by atoms with E-state index in [1.165, 1.54) is 7.11 Å². The van der Waals surface area contributed by atoms with E-state index in [0.717, 1.165) is 5.57 Å². The van der Waals surface area contributed by atoms with Gasteiger partial charge in [0.05, 0.1) is 19.3 Å². The topological polar surface area (TPSA) is 102 Å². The Labute approximate surface area is 123 Å². The first-order valence-electron chi connectivity index (χ1n) is 6.12. The largest absolute Gasteiger partial charge is 0.505 e. The third-order valence-corrected chi connectivity index (χ3v) is 3.18. The van der Waals surface area contributed by atoms with Crippen molar-refractivity contribution in [2.24, 2.45) is 0 Å². The number of allylic oxidation sites excluding steroid dienone is 4. The minimum atomic E-state index is -2.39. The number of hydrogen-bond acceptors (Lipinski definition) is 5. The molecule has 0 radical (unpaired) electrons. The number of methoxy groups -OCH3 is 1. The zero-order valence-corrected chi connectivity index (χ0v) is 12.3. The Morgan fingerprint density at radius 2 is 2.29 bits per heavy atom. The summed E-state index contributed by atoms with van der Waals surface area (Å²) >= 11 is 0. The maximum Gasteiger partial charge on any atom is 0.505 e. The van der Waals surface area contributed by atoms with Crippen LogP contribution in [-0.2, 0) is 18.8 Å². The normalized spacial score (nSPS) is 14.6. The lowest BCUT2D eigenvalue weighted by Gasteiger charge is -2.14. The summed E-state index contributed by atoms with van der Waals surface area (Å²) in [4.78, 5) is 31.8. The molecule has 8 heteroatoms. The highest BCUT2D eigenvalue weighted by Crippen LogP contribution is 2.15. The van der Waals surface area contributed by atoms with Gasteiger partial charge in [-0.25, -0.2) is 9.59 Å². The van der Waals surface area contributed by atoms with Crippen LogP contribution < -0.4 is 5.32 Å². The number of hydrogen-bond donors (Lipinski definition) is 2. The fraction of sp³-hybridized carbons (Fsp3) is 0.385. The van der Waals surface area contributed by atoms with E-state index < -0.39 is 26.1 Å². The fourth-order valence-electron chi connectivity index (χ4n) is 1.48. The third-order valence-electron chi connectivity index (χ3n) is 2.54. The summed E-state index contributed by atoms with van der Waals surface area (Å²) in [6.45, 7) is 0.0443. The minimum absolute atomic E-state index is 0.00618. The second-order valence-electron chi connectivity index (χ2n) is 4.07. The van der Waals surface area contributed by atoms with Crippen molar-refractivity contribution in [3.63, 3.8) is 0 Å². The molecule has 0 fully saturated rings. The maximum absolute atomic E-state index is 11.6. The van der Waals surface area contributed by atoms with Crippen LogP contribution in [0.1, 0.15) is 6.42 Å². The Kier molecular flexibility index (Phi) is 7.26. The molecule has 0 spiro atoms. The molecular formula is C13H16NO6P+2. The number of esters is 1. The van der Waals surface area contributed by atoms with Crippen molar-refractivity contribution in [1.29, 1.82) is 0 Å².